The minimum Gasteiger partial charge on any atom is -0.489 e. The fourth-order valence-electron chi connectivity index (χ4n) is 5.19. The summed E-state index contributed by atoms with van der Waals surface area (Å²) >= 11 is 0. The Bertz CT molecular complexity index is 1450. The lowest BCUT2D eigenvalue weighted by Crippen LogP contribution is -2.54. The van der Waals surface area contributed by atoms with Gasteiger partial charge in [0.15, 0.2) is 5.69 Å². The summed E-state index contributed by atoms with van der Waals surface area (Å²) in [6.07, 6.45) is 2.61. The Kier molecular flexibility index (Phi) is 7.38. The van der Waals surface area contributed by atoms with Crippen molar-refractivity contribution in [2.24, 2.45) is 4.99 Å². The molecule has 1 aromatic carbocycles. The highest BCUT2D eigenvalue weighted by Gasteiger charge is 2.52. The molecule has 0 unspecified atom stereocenters. The highest BCUT2D eigenvalue weighted by Crippen LogP contribution is 2.46. The molecule has 2 bridgehead atoms. The average Bonchev–Trinajstić information content (AvgIpc) is 3.12. The molecule has 3 aliphatic rings. The maximum absolute atomic E-state index is 13.7. The van der Waals surface area contributed by atoms with Crippen molar-refractivity contribution in [1.82, 2.24) is 25.1 Å². The SMILES string of the molecule is COc1c(C(=O)NCc2ccc(F)c(C)c2)nc2n(c1=O)CC1(N=C=O)CCC2(NC(=O)C(=O)N(C)C)CC1. The molecule has 2 aliphatic heterocycles. The molecule has 2 N–H and O–H groups in total. The quantitative estimate of drug-likeness (QED) is 0.311. The largest absolute Gasteiger partial charge is 0.489 e. The summed E-state index contributed by atoms with van der Waals surface area (Å²) in [6, 6.07) is 4.40. The molecular formula is C26H29FN6O6. The molecular weight excluding hydrogens is 511 g/mol. The number of benzene rings is 1. The lowest BCUT2D eigenvalue weighted by Gasteiger charge is -2.39. The third-order valence-corrected chi connectivity index (χ3v) is 7.37. The maximum Gasteiger partial charge on any atom is 0.311 e. The number of carbonyl (C=O) groups excluding carboxylic acids is 4. The van der Waals surface area contributed by atoms with E-state index in [0.29, 0.717) is 24.0 Å². The fourth-order valence-corrected chi connectivity index (χ4v) is 5.19. The van der Waals surface area contributed by atoms with E-state index >= 15 is 0 Å². The van der Waals surface area contributed by atoms with Crippen molar-refractivity contribution in [2.75, 3.05) is 21.2 Å². The van der Waals surface area contributed by atoms with Crippen LogP contribution < -0.4 is 20.9 Å². The van der Waals surface area contributed by atoms with E-state index in [1.807, 2.05) is 0 Å². The monoisotopic (exact) mass is 540 g/mol. The summed E-state index contributed by atoms with van der Waals surface area (Å²) in [7, 11) is 4.09. The molecule has 39 heavy (non-hydrogen) atoms. The first kappa shape index (κ1) is 27.6. The molecule has 3 amide bonds. The normalized spacial score (nSPS) is 21.2. The fraction of sp³-hybridized carbons (Fsp3) is 0.462. The van der Waals surface area contributed by atoms with Crippen LogP contribution in [0.2, 0.25) is 0 Å². The van der Waals surface area contributed by atoms with Crippen LogP contribution in [0.3, 0.4) is 0 Å². The van der Waals surface area contributed by atoms with E-state index in [0.717, 1.165) is 4.90 Å². The van der Waals surface area contributed by atoms with Crippen LogP contribution in [0.5, 0.6) is 5.75 Å². The van der Waals surface area contributed by atoms with Gasteiger partial charge in [-0.25, -0.2) is 14.2 Å². The number of nitrogens with zero attached hydrogens (tertiary/aromatic N) is 4. The number of hydrogen-bond acceptors (Lipinski definition) is 8. The standard InChI is InChI=1S/C26H29FN6O6/c1-15-11-16(5-6-17(15)27)12-28-20(35)18-19(39-4)22(37)33-13-25(29-14-34)7-9-26(10-8-25,24(33)30-18)31-21(36)23(38)32(2)3/h5-6,11H,7-10,12-13H2,1-4H3,(H,28,35)(H,31,36). The van der Waals surface area contributed by atoms with Gasteiger partial charge in [0.05, 0.1) is 24.7 Å². The first-order valence-corrected chi connectivity index (χ1v) is 12.3. The molecule has 1 aromatic heterocycles. The summed E-state index contributed by atoms with van der Waals surface area (Å²) in [6.45, 7) is 1.58. The topological polar surface area (TPSA) is 152 Å². The second-order valence-electron chi connectivity index (χ2n) is 10.1. The average molecular weight is 541 g/mol. The molecule has 0 spiro atoms. The highest BCUT2D eigenvalue weighted by molar-refractivity contribution is 6.35. The van der Waals surface area contributed by atoms with Gasteiger partial charge in [0, 0.05) is 20.6 Å². The van der Waals surface area contributed by atoms with Crippen molar-refractivity contribution in [3.63, 3.8) is 0 Å². The van der Waals surface area contributed by atoms with Crippen molar-refractivity contribution < 1.29 is 28.3 Å². The summed E-state index contributed by atoms with van der Waals surface area (Å²) in [5.41, 5.74) is -2.21. The molecule has 3 heterocycles. The van der Waals surface area contributed by atoms with Crippen LogP contribution in [0.1, 0.15) is 53.1 Å². The molecule has 0 radical (unpaired) electrons. The number of aromatic nitrogens is 2. The van der Waals surface area contributed by atoms with Gasteiger partial charge in [-0.1, -0.05) is 12.1 Å². The van der Waals surface area contributed by atoms with Crippen LogP contribution in [0.15, 0.2) is 28.0 Å². The van der Waals surface area contributed by atoms with Gasteiger partial charge in [0.1, 0.15) is 11.6 Å². The lowest BCUT2D eigenvalue weighted by atomic mass is 9.73. The van der Waals surface area contributed by atoms with Crippen molar-refractivity contribution in [3.8, 4) is 5.75 Å². The second kappa shape index (κ2) is 10.4. The summed E-state index contributed by atoms with van der Waals surface area (Å²) in [5.74, 6) is -3.06. The van der Waals surface area contributed by atoms with Crippen LogP contribution in [-0.4, -0.2) is 65.0 Å². The number of fused-ring (bicyclic) bond motifs is 2. The smallest absolute Gasteiger partial charge is 0.311 e. The minimum atomic E-state index is -1.28. The number of isocyanates is 1. The summed E-state index contributed by atoms with van der Waals surface area (Å²) < 4.78 is 20.2. The van der Waals surface area contributed by atoms with E-state index < -0.39 is 34.4 Å². The number of aryl methyl sites for hydroxylation is 1. The first-order chi connectivity index (χ1) is 18.5. The van der Waals surface area contributed by atoms with Crippen molar-refractivity contribution in [2.45, 2.75) is 56.8 Å². The van der Waals surface area contributed by atoms with E-state index in [9.17, 15) is 28.4 Å². The highest BCUT2D eigenvalue weighted by atomic mass is 19.1. The van der Waals surface area contributed by atoms with E-state index in [2.05, 4.69) is 20.6 Å². The molecule has 0 saturated heterocycles. The Hall–Kier alpha value is -4.38. The van der Waals surface area contributed by atoms with Gasteiger partial charge >= 0.3 is 11.8 Å². The molecule has 13 heteroatoms. The number of nitrogens with one attached hydrogen (secondary N) is 2. The van der Waals surface area contributed by atoms with Gasteiger partial charge in [-0.05, 0) is 49.8 Å². The molecule has 1 fully saturated rings. The zero-order valence-electron chi connectivity index (χ0n) is 22.1. The number of aliphatic imine (C=N–C) groups is 1. The Morgan fingerprint density at radius 2 is 1.92 bits per heavy atom. The van der Waals surface area contributed by atoms with Crippen molar-refractivity contribution in [3.05, 3.63) is 57.0 Å². The minimum absolute atomic E-state index is 0.0274. The molecule has 1 aliphatic carbocycles. The molecule has 5 rings (SSSR count). The second-order valence-corrected chi connectivity index (χ2v) is 10.1. The Balaban J connectivity index is 1.80. The zero-order valence-corrected chi connectivity index (χ0v) is 22.1. The van der Waals surface area contributed by atoms with Gasteiger partial charge in [0.2, 0.25) is 11.8 Å². The number of rotatable bonds is 6. The van der Waals surface area contributed by atoms with E-state index in [1.54, 1.807) is 19.1 Å². The number of methoxy groups -OCH3 is 1. The van der Waals surface area contributed by atoms with Gasteiger partial charge in [0.25, 0.3) is 11.5 Å². The Morgan fingerprint density at radius 3 is 2.51 bits per heavy atom. The van der Waals surface area contributed by atoms with E-state index in [1.165, 1.54) is 37.9 Å². The van der Waals surface area contributed by atoms with Gasteiger partial charge in [-0.2, -0.15) is 4.99 Å². The first-order valence-electron chi connectivity index (χ1n) is 12.3. The number of likely N-dealkylation sites (N-methyl/N-ethyl adjacent to an activating group) is 1. The number of carbonyl (C=O) groups is 3. The molecule has 0 atom stereocenters. The van der Waals surface area contributed by atoms with Gasteiger partial charge in [-0.15, -0.1) is 0 Å². The lowest BCUT2D eigenvalue weighted by molar-refractivity contribution is -0.145. The molecule has 12 nitrogen and oxygen atoms in total. The van der Waals surface area contributed by atoms with Crippen LogP contribution >= 0.6 is 0 Å². The summed E-state index contributed by atoms with van der Waals surface area (Å²) in [4.78, 5) is 73.1. The van der Waals surface area contributed by atoms with Gasteiger partial charge in [-0.3, -0.25) is 23.7 Å². The number of halogens is 1. The van der Waals surface area contributed by atoms with E-state index in [-0.39, 0.29) is 49.0 Å². The molecule has 206 valence electrons. The van der Waals surface area contributed by atoms with Gasteiger partial charge < -0.3 is 20.3 Å². The predicted octanol–water partition coefficient (Wildman–Crippen LogP) is 0.691. The number of amides is 3. The van der Waals surface area contributed by atoms with Crippen LogP contribution in [0.4, 0.5) is 4.39 Å². The molecule has 1 saturated carbocycles. The molecule has 2 aromatic rings. The van der Waals surface area contributed by atoms with Crippen molar-refractivity contribution in [1.29, 1.82) is 0 Å². The van der Waals surface area contributed by atoms with E-state index in [4.69, 9.17) is 4.74 Å². The third kappa shape index (κ3) is 5.05. The number of ether oxygens (including phenoxy) is 1. The van der Waals surface area contributed by atoms with Crippen LogP contribution in [0.25, 0.3) is 0 Å². The van der Waals surface area contributed by atoms with Crippen LogP contribution in [-0.2, 0) is 33.0 Å². The zero-order chi connectivity index (χ0) is 28.5. The number of hydrogen-bond donors (Lipinski definition) is 2. The predicted molar refractivity (Wildman–Crippen MR) is 135 cm³/mol. The Labute approximate surface area is 223 Å². The van der Waals surface area contributed by atoms with Crippen LogP contribution in [0, 0.1) is 12.7 Å². The van der Waals surface area contributed by atoms with Crippen molar-refractivity contribution >= 4 is 23.8 Å². The third-order valence-electron chi connectivity index (χ3n) is 7.37. The summed E-state index contributed by atoms with van der Waals surface area (Å²) in [5, 5.41) is 5.43. The Morgan fingerprint density at radius 1 is 1.23 bits per heavy atom. The maximum atomic E-state index is 13.7.